The van der Waals surface area contributed by atoms with E-state index in [1.165, 1.54) is 0 Å². The van der Waals surface area contributed by atoms with Crippen molar-refractivity contribution < 1.29 is 9.59 Å². The lowest BCUT2D eigenvalue weighted by Gasteiger charge is -2.31. The number of unbranched alkanes of at least 4 members (excludes halogenated alkanes) is 2. The van der Waals surface area contributed by atoms with Gasteiger partial charge in [-0.2, -0.15) is 0 Å². The fraction of sp³-hybridized carbons (Fsp3) is 0.900. The molecule has 2 unspecified atom stereocenters. The molecular formula is C20H42N4O2. The molecule has 0 aromatic carbocycles. The van der Waals surface area contributed by atoms with Crippen molar-refractivity contribution in [3.63, 3.8) is 0 Å². The lowest BCUT2D eigenvalue weighted by Crippen LogP contribution is -2.55. The third-order valence-electron chi connectivity index (χ3n) is 4.19. The maximum absolute atomic E-state index is 12.9. The Bertz CT molecular complexity index is 425. The maximum atomic E-state index is 12.9. The van der Waals surface area contributed by atoms with E-state index in [0.717, 1.165) is 25.7 Å². The van der Waals surface area contributed by atoms with Gasteiger partial charge in [-0.3, -0.25) is 9.59 Å². The fourth-order valence-corrected chi connectivity index (χ4v) is 2.84. The molecule has 0 aromatic heterocycles. The van der Waals surface area contributed by atoms with Crippen LogP contribution in [-0.4, -0.2) is 42.4 Å². The maximum Gasteiger partial charge on any atom is 0.237 e. The number of carbonyl (C=O) groups excluding carboxylic acids is 2. The molecule has 0 saturated heterocycles. The summed E-state index contributed by atoms with van der Waals surface area (Å²) in [6.07, 6.45) is 4.78. The monoisotopic (exact) mass is 370 g/mol. The van der Waals surface area contributed by atoms with Gasteiger partial charge in [0.15, 0.2) is 5.78 Å². The largest absolute Gasteiger partial charge is 0.345 e. The van der Waals surface area contributed by atoms with Crippen molar-refractivity contribution in [2.24, 2.45) is 16.9 Å². The van der Waals surface area contributed by atoms with Gasteiger partial charge in [-0.1, -0.05) is 27.2 Å². The first-order chi connectivity index (χ1) is 11.9. The van der Waals surface area contributed by atoms with Crippen molar-refractivity contribution in [3.05, 3.63) is 0 Å². The third-order valence-corrected chi connectivity index (χ3v) is 4.19. The van der Waals surface area contributed by atoms with Gasteiger partial charge in [0.1, 0.15) is 0 Å². The van der Waals surface area contributed by atoms with Crippen LogP contribution in [0.1, 0.15) is 80.1 Å². The molecule has 154 valence electrons. The Balaban J connectivity index is 5.12. The number of Topliss-reactive ketones (excluding diaryl/α,β-unsaturated/α-hetero) is 1. The molecule has 6 nitrogen and oxygen atoms in total. The minimum Gasteiger partial charge on any atom is -0.345 e. The van der Waals surface area contributed by atoms with Gasteiger partial charge in [0.05, 0.1) is 12.1 Å². The zero-order valence-electron chi connectivity index (χ0n) is 17.8. The highest BCUT2D eigenvalue weighted by molar-refractivity contribution is 5.93. The van der Waals surface area contributed by atoms with Crippen LogP contribution in [-0.2, 0) is 9.59 Å². The number of ketones is 1. The van der Waals surface area contributed by atoms with Crippen LogP contribution < -0.4 is 22.1 Å². The number of nitrogens with two attached hydrogens (primary N) is 2. The molecule has 1 amide bonds. The summed E-state index contributed by atoms with van der Waals surface area (Å²) in [5, 5.41) is 6.39. The zero-order chi connectivity index (χ0) is 20.4. The molecule has 6 heteroatoms. The van der Waals surface area contributed by atoms with Crippen LogP contribution >= 0.6 is 0 Å². The van der Waals surface area contributed by atoms with Crippen molar-refractivity contribution in [3.8, 4) is 0 Å². The topological polar surface area (TPSA) is 110 Å². The first-order valence-corrected chi connectivity index (χ1v) is 9.95. The van der Waals surface area contributed by atoms with Gasteiger partial charge in [0.25, 0.3) is 0 Å². The van der Waals surface area contributed by atoms with Crippen molar-refractivity contribution in [1.82, 2.24) is 10.6 Å². The molecule has 2 atom stereocenters. The van der Waals surface area contributed by atoms with Crippen LogP contribution in [0.2, 0.25) is 0 Å². The van der Waals surface area contributed by atoms with E-state index in [1.807, 2.05) is 41.5 Å². The fourth-order valence-electron chi connectivity index (χ4n) is 2.84. The Morgan fingerprint density at radius 1 is 0.808 bits per heavy atom. The molecule has 26 heavy (non-hydrogen) atoms. The summed E-state index contributed by atoms with van der Waals surface area (Å²) in [4.78, 5) is 25.7. The summed E-state index contributed by atoms with van der Waals surface area (Å²) in [5.41, 5.74) is 10.5. The minimum atomic E-state index is -0.493. The van der Waals surface area contributed by atoms with Crippen LogP contribution in [0.3, 0.4) is 0 Å². The number of nitrogens with one attached hydrogen (secondary N) is 2. The summed E-state index contributed by atoms with van der Waals surface area (Å²) < 4.78 is 0. The highest BCUT2D eigenvalue weighted by Crippen LogP contribution is 2.20. The molecule has 0 aliphatic rings. The Morgan fingerprint density at radius 3 is 1.65 bits per heavy atom. The van der Waals surface area contributed by atoms with E-state index in [9.17, 15) is 9.59 Å². The van der Waals surface area contributed by atoms with Gasteiger partial charge in [0, 0.05) is 11.0 Å². The van der Waals surface area contributed by atoms with Gasteiger partial charge < -0.3 is 22.1 Å². The first-order valence-electron chi connectivity index (χ1n) is 9.95. The molecule has 0 aromatic rings. The second kappa shape index (κ2) is 11.7. The first kappa shape index (κ1) is 25.0. The van der Waals surface area contributed by atoms with Gasteiger partial charge >= 0.3 is 0 Å². The van der Waals surface area contributed by atoms with E-state index in [-0.39, 0.29) is 23.3 Å². The minimum absolute atomic E-state index is 0.0688. The lowest BCUT2D eigenvalue weighted by atomic mass is 9.84. The Morgan fingerprint density at radius 2 is 1.27 bits per heavy atom. The second-order valence-corrected chi connectivity index (χ2v) is 9.19. The van der Waals surface area contributed by atoms with E-state index in [1.54, 1.807) is 0 Å². The van der Waals surface area contributed by atoms with Crippen LogP contribution in [0.4, 0.5) is 0 Å². The van der Waals surface area contributed by atoms with Crippen molar-refractivity contribution >= 4 is 11.7 Å². The number of carbonyl (C=O) groups is 2. The number of hydrogen-bond acceptors (Lipinski definition) is 5. The molecule has 0 saturated carbocycles. The summed E-state index contributed by atoms with van der Waals surface area (Å²) in [6, 6.07) is -0.792. The molecule has 0 bridgehead atoms. The summed E-state index contributed by atoms with van der Waals surface area (Å²) in [7, 11) is 0. The highest BCUT2D eigenvalue weighted by Gasteiger charge is 2.32. The number of rotatable bonds is 12. The average molecular weight is 371 g/mol. The second-order valence-electron chi connectivity index (χ2n) is 9.19. The Labute approximate surface area is 160 Å². The molecule has 0 spiro atoms. The number of hydrogen-bond donors (Lipinski definition) is 4. The smallest absolute Gasteiger partial charge is 0.237 e. The molecule has 6 N–H and O–H groups in total. The van der Waals surface area contributed by atoms with E-state index < -0.39 is 11.5 Å². The van der Waals surface area contributed by atoms with Gasteiger partial charge in [-0.25, -0.2) is 0 Å². The Hall–Kier alpha value is -0.980. The molecule has 0 radical (unpaired) electrons. The van der Waals surface area contributed by atoms with E-state index in [0.29, 0.717) is 25.9 Å². The third kappa shape index (κ3) is 10.9. The van der Waals surface area contributed by atoms with E-state index in [2.05, 4.69) is 10.6 Å². The average Bonchev–Trinajstić information content (AvgIpc) is 2.50. The van der Waals surface area contributed by atoms with Crippen LogP contribution in [0.5, 0.6) is 0 Å². The van der Waals surface area contributed by atoms with Gasteiger partial charge in [0.2, 0.25) is 5.91 Å². The highest BCUT2D eigenvalue weighted by atomic mass is 16.2. The van der Waals surface area contributed by atoms with Gasteiger partial charge in [-0.15, -0.1) is 0 Å². The molecular weight excluding hydrogens is 328 g/mol. The quantitative estimate of drug-likeness (QED) is 0.393. The zero-order valence-corrected chi connectivity index (χ0v) is 17.8. The van der Waals surface area contributed by atoms with Gasteiger partial charge in [-0.05, 0) is 66.0 Å². The van der Waals surface area contributed by atoms with Crippen LogP contribution in [0.15, 0.2) is 0 Å². The normalized spacial score (nSPS) is 14.8. The summed E-state index contributed by atoms with van der Waals surface area (Å²) in [5.74, 6) is -0.0355. The van der Waals surface area contributed by atoms with Crippen molar-refractivity contribution in [2.75, 3.05) is 13.1 Å². The lowest BCUT2D eigenvalue weighted by molar-refractivity contribution is -0.133. The summed E-state index contributed by atoms with van der Waals surface area (Å²) >= 11 is 0. The van der Waals surface area contributed by atoms with Crippen molar-refractivity contribution in [2.45, 2.75) is 97.7 Å². The van der Waals surface area contributed by atoms with Crippen LogP contribution in [0.25, 0.3) is 0 Å². The molecule has 0 aliphatic carbocycles. The SMILES string of the molecule is CC(C)(C)NC(CCCCN)C(=O)NC(CCCCN)C(=O)C(C)(C)C. The number of amides is 1. The predicted molar refractivity (Wildman–Crippen MR) is 109 cm³/mol. The van der Waals surface area contributed by atoms with E-state index >= 15 is 0 Å². The van der Waals surface area contributed by atoms with E-state index in [4.69, 9.17) is 11.5 Å². The molecule has 0 rings (SSSR count). The standard InChI is InChI=1S/C20H42N4O2/c1-19(2,3)17(25)15(11-7-9-13-21)23-18(26)16(12-8-10-14-22)24-20(4,5)6/h15-16,24H,7-14,21-22H2,1-6H3,(H,23,26). The predicted octanol–water partition coefficient (Wildman–Crippen LogP) is 2.10. The van der Waals surface area contributed by atoms with Crippen molar-refractivity contribution in [1.29, 1.82) is 0 Å². The van der Waals surface area contributed by atoms with Crippen LogP contribution in [0, 0.1) is 5.41 Å². The molecule has 0 aliphatic heterocycles. The summed E-state index contributed by atoms with van der Waals surface area (Å²) in [6.45, 7) is 13.0. The Kier molecular flexibility index (Phi) is 11.2. The molecule has 0 heterocycles. The molecule has 0 fully saturated rings.